The second-order valence-corrected chi connectivity index (χ2v) is 4.55. The minimum atomic E-state index is -0.333. The topological polar surface area (TPSA) is 46.2 Å². The van der Waals surface area contributed by atoms with Gasteiger partial charge in [-0.1, -0.05) is 0 Å². The van der Waals surface area contributed by atoms with Gasteiger partial charge in [-0.15, -0.1) is 0 Å². The maximum Gasteiger partial charge on any atom is 0.105 e. The minimum Gasteiger partial charge on any atom is -0.469 e. The second kappa shape index (κ2) is 3.11. The Bertz CT molecular complexity index is 392. The van der Waals surface area contributed by atoms with Crippen LogP contribution in [0.25, 0.3) is 0 Å². The van der Waals surface area contributed by atoms with Gasteiger partial charge in [-0.25, -0.2) is 0 Å². The molecule has 3 heterocycles. The molecule has 3 rings (SSSR count). The largest absolute Gasteiger partial charge is 0.469 e. The lowest BCUT2D eigenvalue weighted by Gasteiger charge is -2.26. The fourth-order valence-electron chi connectivity index (χ4n) is 2.87. The molecule has 3 nitrogen and oxygen atoms in total. The van der Waals surface area contributed by atoms with E-state index < -0.39 is 0 Å². The van der Waals surface area contributed by atoms with E-state index in [1.807, 2.05) is 12.1 Å². The van der Waals surface area contributed by atoms with Crippen molar-refractivity contribution in [3.05, 3.63) is 24.2 Å². The quantitative estimate of drug-likeness (QED) is 0.740. The molecule has 0 N–H and O–H groups in total. The third kappa shape index (κ3) is 1.29. The van der Waals surface area contributed by atoms with Crippen LogP contribution in [0.5, 0.6) is 0 Å². The van der Waals surface area contributed by atoms with Gasteiger partial charge >= 0.3 is 0 Å². The summed E-state index contributed by atoms with van der Waals surface area (Å²) in [7, 11) is 0. The van der Waals surface area contributed by atoms with Crippen molar-refractivity contribution in [1.29, 1.82) is 5.26 Å². The normalized spacial score (nSPS) is 38.1. The Labute approximate surface area is 88.6 Å². The molecule has 1 aromatic rings. The van der Waals surface area contributed by atoms with E-state index in [4.69, 9.17) is 9.15 Å². The van der Waals surface area contributed by atoms with E-state index in [0.717, 1.165) is 25.0 Å². The number of furan rings is 1. The molecule has 2 fully saturated rings. The molecule has 0 spiro atoms. The number of rotatable bonds is 2. The summed E-state index contributed by atoms with van der Waals surface area (Å²) in [5.41, 5.74) is -0.333. The maximum absolute atomic E-state index is 9.37. The van der Waals surface area contributed by atoms with Crippen molar-refractivity contribution in [3.63, 3.8) is 0 Å². The van der Waals surface area contributed by atoms with Crippen molar-refractivity contribution in [2.24, 2.45) is 5.41 Å². The first-order chi connectivity index (χ1) is 7.32. The smallest absolute Gasteiger partial charge is 0.105 e. The molecular weight excluding hydrogens is 190 g/mol. The van der Waals surface area contributed by atoms with E-state index in [-0.39, 0.29) is 11.5 Å². The number of hydrogen-bond donors (Lipinski definition) is 0. The van der Waals surface area contributed by atoms with Crippen LogP contribution in [-0.4, -0.2) is 12.2 Å². The Hall–Kier alpha value is -1.27. The van der Waals surface area contributed by atoms with E-state index in [9.17, 15) is 5.26 Å². The standard InChI is InChI=1S/C12H13NO2/c13-8-12(6-9-2-1-5-14-9)7-10-3-4-11(12)15-10/h1-2,5,10-11H,3-4,6-7H2. The first kappa shape index (κ1) is 8.99. The van der Waals surface area contributed by atoms with Crippen LogP contribution in [-0.2, 0) is 11.2 Å². The summed E-state index contributed by atoms with van der Waals surface area (Å²) < 4.78 is 11.1. The molecule has 0 radical (unpaired) electrons. The summed E-state index contributed by atoms with van der Waals surface area (Å²) in [6.07, 6.45) is 5.80. The summed E-state index contributed by atoms with van der Waals surface area (Å²) in [5, 5.41) is 9.37. The average molecular weight is 203 g/mol. The lowest BCUT2D eigenvalue weighted by Crippen LogP contribution is -2.33. The summed E-state index contributed by atoms with van der Waals surface area (Å²) in [5.74, 6) is 0.896. The molecule has 0 amide bonds. The molecule has 15 heavy (non-hydrogen) atoms. The number of fused-ring (bicyclic) bond motifs is 2. The van der Waals surface area contributed by atoms with Crippen molar-refractivity contribution in [2.75, 3.05) is 0 Å². The average Bonchev–Trinajstić information content (AvgIpc) is 2.93. The van der Waals surface area contributed by atoms with E-state index in [1.54, 1.807) is 6.26 Å². The zero-order valence-corrected chi connectivity index (χ0v) is 8.48. The zero-order valence-electron chi connectivity index (χ0n) is 8.48. The Balaban J connectivity index is 1.86. The maximum atomic E-state index is 9.37. The van der Waals surface area contributed by atoms with E-state index in [1.165, 1.54) is 0 Å². The fourth-order valence-corrected chi connectivity index (χ4v) is 2.87. The third-order valence-corrected chi connectivity index (χ3v) is 3.61. The van der Waals surface area contributed by atoms with Crippen LogP contribution < -0.4 is 0 Å². The van der Waals surface area contributed by atoms with Gasteiger partial charge in [-0.2, -0.15) is 5.26 Å². The van der Waals surface area contributed by atoms with E-state index in [0.29, 0.717) is 12.5 Å². The summed E-state index contributed by atoms with van der Waals surface area (Å²) >= 11 is 0. The van der Waals surface area contributed by atoms with Gasteiger partial charge in [0.1, 0.15) is 5.76 Å². The highest BCUT2D eigenvalue weighted by Gasteiger charge is 2.53. The van der Waals surface area contributed by atoms with Gasteiger partial charge in [-0.3, -0.25) is 0 Å². The van der Waals surface area contributed by atoms with E-state index >= 15 is 0 Å². The number of nitrogens with zero attached hydrogens (tertiary/aromatic N) is 1. The van der Waals surface area contributed by atoms with Crippen LogP contribution >= 0.6 is 0 Å². The first-order valence-corrected chi connectivity index (χ1v) is 5.41. The van der Waals surface area contributed by atoms with Gasteiger partial charge in [0.2, 0.25) is 0 Å². The van der Waals surface area contributed by atoms with Gasteiger partial charge in [-0.05, 0) is 31.4 Å². The number of ether oxygens (including phenoxy) is 1. The molecule has 1 aromatic heterocycles. The molecule has 0 aromatic carbocycles. The Morgan fingerprint density at radius 1 is 1.53 bits per heavy atom. The summed E-state index contributed by atoms with van der Waals surface area (Å²) in [6.45, 7) is 0. The summed E-state index contributed by atoms with van der Waals surface area (Å²) in [4.78, 5) is 0. The van der Waals surface area contributed by atoms with Crippen LogP contribution in [0.3, 0.4) is 0 Å². The van der Waals surface area contributed by atoms with Crippen molar-refractivity contribution in [1.82, 2.24) is 0 Å². The molecule has 0 aliphatic carbocycles. The summed E-state index contributed by atoms with van der Waals surface area (Å²) in [6, 6.07) is 6.27. The third-order valence-electron chi connectivity index (χ3n) is 3.61. The van der Waals surface area contributed by atoms with Crippen molar-refractivity contribution in [3.8, 4) is 6.07 Å². The molecule has 3 heteroatoms. The van der Waals surface area contributed by atoms with Gasteiger partial charge in [0.05, 0.1) is 30.0 Å². The Kier molecular flexibility index (Phi) is 1.86. The highest BCUT2D eigenvalue weighted by molar-refractivity contribution is 5.17. The lowest BCUT2D eigenvalue weighted by molar-refractivity contribution is 0.0773. The monoisotopic (exact) mass is 203 g/mol. The Morgan fingerprint density at radius 2 is 2.47 bits per heavy atom. The molecule has 2 saturated heterocycles. The van der Waals surface area contributed by atoms with Crippen molar-refractivity contribution < 1.29 is 9.15 Å². The molecule has 2 bridgehead atoms. The molecule has 3 unspecified atom stereocenters. The van der Waals surface area contributed by atoms with Crippen LogP contribution in [0.4, 0.5) is 0 Å². The predicted molar refractivity (Wildman–Crippen MR) is 53.0 cm³/mol. The molecule has 78 valence electrons. The second-order valence-electron chi connectivity index (χ2n) is 4.55. The SMILES string of the molecule is N#CC1(Cc2ccco2)CC2CCC1O2. The first-order valence-electron chi connectivity index (χ1n) is 5.41. The molecule has 2 aliphatic rings. The molecule has 3 atom stereocenters. The fraction of sp³-hybridized carbons (Fsp3) is 0.583. The molecule has 2 aliphatic heterocycles. The van der Waals surface area contributed by atoms with Crippen molar-refractivity contribution in [2.45, 2.75) is 37.9 Å². The van der Waals surface area contributed by atoms with Crippen LogP contribution in [0, 0.1) is 16.7 Å². The van der Waals surface area contributed by atoms with Gasteiger partial charge in [0, 0.05) is 6.42 Å². The van der Waals surface area contributed by atoms with Gasteiger partial charge in [0.25, 0.3) is 0 Å². The van der Waals surface area contributed by atoms with Crippen LogP contribution in [0.1, 0.15) is 25.0 Å². The van der Waals surface area contributed by atoms with Crippen LogP contribution in [0.15, 0.2) is 22.8 Å². The van der Waals surface area contributed by atoms with Crippen molar-refractivity contribution >= 4 is 0 Å². The van der Waals surface area contributed by atoms with Crippen LogP contribution in [0.2, 0.25) is 0 Å². The number of hydrogen-bond acceptors (Lipinski definition) is 3. The molecular formula is C12H13NO2. The highest BCUT2D eigenvalue weighted by atomic mass is 16.5. The van der Waals surface area contributed by atoms with E-state index in [2.05, 4.69) is 6.07 Å². The lowest BCUT2D eigenvalue weighted by atomic mass is 9.72. The highest BCUT2D eigenvalue weighted by Crippen LogP contribution is 2.49. The molecule has 0 saturated carbocycles. The van der Waals surface area contributed by atoms with Gasteiger partial charge < -0.3 is 9.15 Å². The number of nitriles is 1. The Morgan fingerprint density at radius 3 is 3.00 bits per heavy atom. The zero-order chi connectivity index (χ0) is 10.3. The minimum absolute atomic E-state index is 0.123. The van der Waals surface area contributed by atoms with Gasteiger partial charge in [0.15, 0.2) is 0 Å². The predicted octanol–water partition coefficient (Wildman–Crippen LogP) is 2.28.